The van der Waals surface area contributed by atoms with Gasteiger partial charge in [-0.1, -0.05) is 12.1 Å². The maximum Gasteiger partial charge on any atom is 0.118 e. The molecule has 94 valence electrons. The van der Waals surface area contributed by atoms with Crippen LogP contribution in [-0.2, 0) is 11.2 Å². The van der Waals surface area contributed by atoms with E-state index in [2.05, 4.69) is 17.4 Å². The van der Waals surface area contributed by atoms with E-state index in [9.17, 15) is 0 Å². The fourth-order valence-corrected chi connectivity index (χ4v) is 2.48. The number of methoxy groups -OCH3 is 2. The summed E-state index contributed by atoms with van der Waals surface area (Å²) in [5.74, 6) is 1.49. The molecule has 1 aromatic carbocycles. The third kappa shape index (κ3) is 3.20. The molecule has 1 heterocycles. The molecule has 2 rings (SSSR count). The van der Waals surface area contributed by atoms with Crippen LogP contribution in [0.1, 0.15) is 12.0 Å². The fourth-order valence-electron chi connectivity index (χ4n) is 2.48. The van der Waals surface area contributed by atoms with Crippen LogP contribution in [0, 0.1) is 5.92 Å². The van der Waals surface area contributed by atoms with E-state index in [1.165, 1.54) is 5.56 Å². The van der Waals surface area contributed by atoms with Crippen molar-refractivity contribution in [2.45, 2.75) is 18.9 Å². The lowest BCUT2D eigenvalue weighted by Crippen LogP contribution is -2.41. The summed E-state index contributed by atoms with van der Waals surface area (Å²) in [5.41, 5.74) is 1.35. The van der Waals surface area contributed by atoms with Gasteiger partial charge >= 0.3 is 0 Å². The number of ether oxygens (including phenoxy) is 2. The highest BCUT2D eigenvalue weighted by Crippen LogP contribution is 2.21. The molecule has 3 nitrogen and oxygen atoms in total. The normalized spacial score (nSPS) is 24.6. The topological polar surface area (TPSA) is 30.5 Å². The second-order valence-corrected chi connectivity index (χ2v) is 4.58. The summed E-state index contributed by atoms with van der Waals surface area (Å²) < 4.78 is 10.7. The van der Waals surface area contributed by atoms with Crippen molar-refractivity contribution in [3.8, 4) is 5.75 Å². The SMILES string of the molecule is COc1ccc(C[C@@H]2CNCC[C@H]2OC)cc1. The van der Waals surface area contributed by atoms with Crippen molar-refractivity contribution < 1.29 is 9.47 Å². The van der Waals surface area contributed by atoms with Crippen LogP contribution in [0.25, 0.3) is 0 Å². The Kier molecular flexibility index (Phi) is 4.40. The minimum atomic E-state index is 0.387. The average molecular weight is 235 g/mol. The van der Waals surface area contributed by atoms with E-state index in [4.69, 9.17) is 9.47 Å². The summed E-state index contributed by atoms with van der Waals surface area (Å²) in [7, 11) is 3.51. The predicted molar refractivity (Wildman–Crippen MR) is 68.5 cm³/mol. The van der Waals surface area contributed by atoms with Gasteiger partial charge in [0, 0.05) is 19.6 Å². The zero-order chi connectivity index (χ0) is 12.1. The van der Waals surface area contributed by atoms with Gasteiger partial charge in [0.2, 0.25) is 0 Å². The van der Waals surface area contributed by atoms with Crippen molar-refractivity contribution in [1.82, 2.24) is 5.32 Å². The molecule has 2 atom stereocenters. The third-order valence-corrected chi connectivity index (χ3v) is 3.50. The van der Waals surface area contributed by atoms with Crippen molar-refractivity contribution in [2.75, 3.05) is 27.3 Å². The highest BCUT2D eigenvalue weighted by molar-refractivity contribution is 5.27. The Morgan fingerprint density at radius 2 is 2.00 bits per heavy atom. The number of hydrogen-bond acceptors (Lipinski definition) is 3. The minimum Gasteiger partial charge on any atom is -0.497 e. The molecule has 1 aliphatic rings. The van der Waals surface area contributed by atoms with E-state index in [1.54, 1.807) is 7.11 Å². The van der Waals surface area contributed by atoms with Crippen LogP contribution in [0.5, 0.6) is 5.75 Å². The number of nitrogens with one attached hydrogen (secondary N) is 1. The standard InChI is InChI=1S/C14H21NO2/c1-16-13-5-3-11(4-6-13)9-12-10-15-8-7-14(12)17-2/h3-6,12,14-15H,7-10H2,1-2H3/t12-,14-/m1/s1. The van der Waals surface area contributed by atoms with Crippen LogP contribution in [-0.4, -0.2) is 33.4 Å². The Morgan fingerprint density at radius 1 is 1.24 bits per heavy atom. The molecule has 0 amide bonds. The van der Waals surface area contributed by atoms with Crippen molar-refractivity contribution >= 4 is 0 Å². The molecular weight excluding hydrogens is 214 g/mol. The van der Waals surface area contributed by atoms with Gasteiger partial charge in [0.05, 0.1) is 13.2 Å². The summed E-state index contributed by atoms with van der Waals surface area (Å²) in [5, 5.41) is 3.44. The van der Waals surface area contributed by atoms with Crippen LogP contribution in [0.3, 0.4) is 0 Å². The zero-order valence-electron chi connectivity index (χ0n) is 10.6. The van der Waals surface area contributed by atoms with Gasteiger partial charge in [-0.2, -0.15) is 0 Å². The first-order valence-corrected chi connectivity index (χ1v) is 6.20. The summed E-state index contributed by atoms with van der Waals surface area (Å²) in [6.07, 6.45) is 2.56. The van der Waals surface area contributed by atoms with Crippen molar-refractivity contribution in [1.29, 1.82) is 0 Å². The van der Waals surface area contributed by atoms with E-state index in [1.807, 2.05) is 19.2 Å². The van der Waals surface area contributed by atoms with E-state index in [-0.39, 0.29) is 0 Å². The average Bonchev–Trinajstić information content (AvgIpc) is 2.40. The Bertz CT molecular complexity index is 337. The first-order valence-electron chi connectivity index (χ1n) is 6.20. The minimum absolute atomic E-state index is 0.387. The Balaban J connectivity index is 1.98. The lowest BCUT2D eigenvalue weighted by molar-refractivity contribution is 0.0311. The van der Waals surface area contributed by atoms with Gasteiger partial charge in [0.1, 0.15) is 5.75 Å². The lowest BCUT2D eigenvalue weighted by atomic mass is 9.89. The van der Waals surface area contributed by atoms with Crippen LogP contribution < -0.4 is 10.1 Å². The molecule has 0 bridgehead atoms. The van der Waals surface area contributed by atoms with Gasteiger partial charge in [0.25, 0.3) is 0 Å². The summed E-state index contributed by atoms with van der Waals surface area (Å²) in [4.78, 5) is 0. The van der Waals surface area contributed by atoms with Crippen LogP contribution in [0.2, 0.25) is 0 Å². The Morgan fingerprint density at radius 3 is 2.65 bits per heavy atom. The smallest absolute Gasteiger partial charge is 0.118 e. The molecule has 1 aliphatic heterocycles. The second kappa shape index (κ2) is 6.03. The quantitative estimate of drug-likeness (QED) is 0.864. The Labute approximate surface area is 103 Å². The Hall–Kier alpha value is -1.06. The van der Waals surface area contributed by atoms with Crippen LogP contribution in [0.15, 0.2) is 24.3 Å². The number of hydrogen-bond donors (Lipinski definition) is 1. The largest absolute Gasteiger partial charge is 0.497 e. The molecule has 1 saturated heterocycles. The monoisotopic (exact) mass is 235 g/mol. The summed E-state index contributed by atoms with van der Waals surface area (Å²) in [6.45, 7) is 2.11. The van der Waals surface area contributed by atoms with Gasteiger partial charge in [-0.3, -0.25) is 0 Å². The van der Waals surface area contributed by atoms with E-state index in [0.717, 1.165) is 31.7 Å². The highest BCUT2D eigenvalue weighted by atomic mass is 16.5. The van der Waals surface area contributed by atoms with E-state index < -0.39 is 0 Å². The second-order valence-electron chi connectivity index (χ2n) is 4.58. The summed E-state index contributed by atoms with van der Waals surface area (Å²) in [6, 6.07) is 8.32. The molecule has 0 aliphatic carbocycles. The molecule has 1 N–H and O–H groups in total. The highest BCUT2D eigenvalue weighted by Gasteiger charge is 2.24. The molecule has 0 spiro atoms. The van der Waals surface area contributed by atoms with Gasteiger partial charge in [0.15, 0.2) is 0 Å². The first kappa shape index (κ1) is 12.4. The third-order valence-electron chi connectivity index (χ3n) is 3.50. The van der Waals surface area contributed by atoms with E-state index in [0.29, 0.717) is 12.0 Å². The summed E-state index contributed by atoms with van der Waals surface area (Å²) >= 11 is 0. The van der Waals surface area contributed by atoms with Crippen molar-refractivity contribution in [2.24, 2.45) is 5.92 Å². The fraction of sp³-hybridized carbons (Fsp3) is 0.571. The first-order chi connectivity index (χ1) is 8.33. The van der Waals surface area contributed by atoms with E-state index >= 15 is 0 Å². The maximum absolute atomic E-state index is 5.56. The molecule has 0 aromatic heterocycles. The van der Waals surface area contributed by atoms with Gasteiger partial charge in [-0.25, -0.2) is 0 Å². The molecule has 1 fully saturated rings. The predicted octanol–water partition coefficient (Wildman–Crippen LogP) is 1.86. The number of piperidine rings is 1. The number of benzene rings is 1. The zero-order valence-corrected chi connectivity index (χ0v) is 10.6. The number of rotatable bonds is 4. The van der Waals surface area contributed by atoms with Gasteiger partial charge in [-0.15, -0.1) is 0 Å². The molecule has 1 aromatic rings. The van der Waals surface area contributed by atoms with Crippen LogP contribution >= 0.6 is 0 Å². The molecule has 0 saturated carbocycles. The van der Waals surface area contributed by atoms with Gasteiger partial charge in [-0.05, 0) is 37.1 Å². The van der Waals surface area contributed by atoms with Crippen molar-refractivity contribution in [3.05, 3.63) is 29.8 Å². The molecule has 3 heteroatoms. The molecule has 0 radical (unpaired) electrons. The molecule has 0 unspecified atom stereocenters. The van der Waals surface area contributed by atoms with Crippen LogP contribution in [0.4, 0.5) is 0 Å². The molecular formula is C14H21NO2. The molecule has 17 heavy (non-hydrogen) atoms. The van der Waals surface area contributed by atoms with Gasteiger partial charge < -0.3 is 14.8 Å². The van der Waals surface area contributed by atoms with Crippen molar-refractivity contribution in [3.63, 3.8) is 0 Å². The lowest BCUT2D eigenvalue weighted by Gasteiger charge is -2.31. The maximum atomic E-state index is 5.56.